The third kappa shape index (κ3) is 13.6. The van der Waals surface area contributed by atoms with Crippen molar-refractivity contribution >= 4 is 35.0 Å². The normalized spacial score (nSPS) is 10.2. The van der Waals surface area contributed by atoms with Gasteiger partial charge in [-0.15, -0.1) is 12.4 Å². The van der Waals surface area contributed by atoms with Crippen LogP contribution in [0.3, 0.4) is 0 Å². The summed E-state index contributed by atoms with van der Waals surface area (Å²) in [5.41, 5.74) is 0.00917. The van der Waals surface area contributed by atoms with Crippen molar-refractivity contribution in [2.45, 2.75) is 40.5 Å². The van der Waals surface area contributed by atoms with Crippen molar-refractivity contribution in [3.05, 3.63) is 11.3 Å². The fraction of sp³-hybridized carbons (Fsp3) is 0.692. The van der Waals surface area contributed by atoms with Crippen molar-refractivity contribution < 1.29 is 29.3 Å². The number of carbonyl (C=O) groups is 2. The molecule has 0 aliphatic rings. The van der Waals surface area contributed by atoms with Crippen LogP contribution >= 0.6 is 0 Å². The van der Waals surface area contributed by atoms with E-state index in [9.17, 15) is 14.7 Å². The van der Waals surface area contributed by atoms with Crippen LogP contribution in [0.25, 0.3) is 0 Å². The molecule has 0 rings (SSSR count). The molecular weight excluding hydrogens is 276 g/mol. The Balaban J connectivity index is -0.000000657. The van der Waals surface area contributed by atoms with E-state index in [0.717, 1.165) is 0 Å². The monoisotopic (exact) mass is 298 g/mol. The van der Waals surface area contributed by atoms with Gasteiger partial charge in [0.15, 0.2) is 0 Å². The van der Waals surface area contributed by atoms with E-state index in [1.807, 2.05) is 0 Å². The second-order valence-corrected chi connectivity index (χ2v) is 3.35. The molecule has 0 saturated carbocycles. The molecule has 20 heavy (non-hydrogen) atoms. The minimum absolute atomic E-state index is 0. The molecular formula is C13H22MgO6. The molecule has 112 valence electrons. The quantitative estimate of drug-likeness (QED) is 0.284. The van der Waals surface area contributed by atoms with E-state index in [0.29, 0.717) is 0 Å². The molecule has 0 atom stereocenters. The maximum atomic E-state index is 11.3. The summed E-state index contributed by atoms with van der Waals surface area (Å²) in [6, 6.07) is 0. The Morgan fingerprint density at radius 2 is 1.45 bits per heavy atom. The molecule has 0 unspecified atom stereocenters. The maximum absolute atomic E-state index is 11.3. The standard InChI is InChI=1S/C11H18O5.C2H5O.Mg/c1-4-15-10(13)7-6-9(8(3)12)11(14)16-5-2;1-2-3;/h12H,4-7H2,1-3H3;2H2,1H3;/q;-1;+2/p-1/b9-8-;;. The molecule has 0 aromatic rings. The van der Waals surface area contributed by atoms with Crippen LogP contribution in [0.4, 0.5) is 0 Å². The Morgan fingerprint density at radius 1 is 1.00 bits per heavy atom. The van der Waals surface area contributed by atoms with Crippen molar-refractivity contribution in [2.24, 2.45) is 0 Å². The van der Waals surface area contributed by atoms with Crippen molar-refractivity contribution in [3.8, 4) is 0 Å². The van der Waals surface area contributed by atoms with Gasteiger partial charge in [0.25, 0.3) is 0 Å². The minimum Gasteiger partial charge on any atom is -0.875 e. The zero-order chi connectivity index (χ0) is 15.3. The summed E-state index contributed by atoms with van der Waals surface area (Å²) in [5.74, 6) is -1.45. The van der Waals surface area contributed by atoms with Crippen LogP contribution in [0.5, 0.6) is 0 Å². The fourth-order valence-electron chi connectivity index (χ4n) is 1.10. The van der Waals surface area contributed by atoms with Crippen LogP contribution in [-0.4, -0.2) is 54.8 Å². The number of carbonyl (C=O) groups excluding carboxylic acids is 2. The minimum atomic E-state index is -0.653. The Kier molecular flexibility index (Phi) is 19.7. The molecule has 0 aliphatic heterocycles. The summed E-state index contributed by atoms with van der Waals surface area (Å²) in [6.45, 7) is 6.68. The van der Waals surface area contributed by atoms with Gasteiger partial charge in [0.2, 0.25) is 0 Å². The molecule has 0 heterocycles. The first-order valence-electron chi connectivity index (χ1n) is 6.22. The molecule has 0 N–H and O–H groups in total. The third-order valence-corrected chi connectivity index (χ3v) is 1.83. The van der Waals surface area contributed by atoms with Gasteiger partial charge in [0.05, 0.1) is 13.2 Å². The summed E-state index contributed by atoms with van der Waals surface area (Å²) in [5, 5.41) is 20.1. The molecule has 0 aromatic carbocycles. The van der Waals surface area contributed by atoms with Gasteiger partial charge in [0, 0.05) is 12.0 Å². The number of rotatable bonds is 6. The topological polar surface area (TPSA) is 98.7 Å². The summed E-state index contributed by atoms with van der Waals surface area (Å²) >= 11 is 0. The van der Waals surface area contributed by atoms with Crippen LogP contribution in [0, 0.1) is 0 Å². The smallest absolute Gasteiger partial charge is 0.875 e. The predicted octanol–water partition coefficient (Wildman–Crippen LogP) is -0.487. The Hall–Kier alpha value is -0.794. The van der Waals surface area contributed by atoms with E-state index in [4.69, 9.17) is 14.6 Å². The molecule has 0 radical (unpaired) electrons. The van der Waals surface area contributed by atoms with Crippen molar-refractivity contribution in [2.75, 3.05) is 19.8 Å². The van der Waals surface area contributed by atoms with E-state index in [1.54, 1.807) is 20.8 Å². The SMILES string of the molecule is CCOC(=O)CC/C(C(=O)OCC)=C(\C)[O-].CC[O-].[Mg+2]. The number of ether oxygens (including phenoxy) is 2. The Labute approximate surface area is 136 Å². The predicted molar refractivity (Wildman–Crippen MR) is 71.5 cm³/mol. The second kappa shape index (κ2) is 16.3. The van der Waals surface area contributed by atoms with Gasteiger partial charge in [-0.1, -0.05) is 13.8 Å². The summed E-state index contributed by atoms with van der Waals surface area (Å²) in [6.07, 6.45) is 0.0779. The van der Waals surface area contributed by atoms with Crippen molar-refractivity contribution in [1.82, 2.24) is 0 Å². The molecule has 0 saturated heterocycles. The number of allylic oxidation sites excluding steroid dienone is 1. The van der Waals surface area contributed by atoms with Gasteiger partial charge in [-0.25, -0.2) is 4.79 Å². The van der Waals surface area contributed by atoms with Gasteiger partial charge < -0.3 is 19.7 Å². The number of hydrogen-bond acceptors (Lipinski definition) is 6. The first-order valence-corrected chi connectivity index (χ1v) is 6.22. The van der Waals surface area contributed by atoms with Crippen LogP contribution < -0.4 is 10.2 Å². The maximum Gasteiger partial charge on any atom is 2.00 e. The first kappa shape index (κ1) is 24.2. The largest absolute Gasteiger partial charge is 2.00 e. The Bertz CT molecular complexity index is 297. The zero-order valence-electron chi connectivity index (χ0n) is 12.7. The van der Waals surface area contributed by atoms with Gasteiger partial charge in [-0.05, 0) is 20.3 Å². The van der Waals surface area contributed by atoms with E-state index in [2.05, 4.69) is 0 Å². The second-order valence-electron chi connectivity index (χ2n) is 3.35. The average molecular weight is 299 g/mol. The molecule has 0 fully saturated rings. The van der Waals surface area contributed by atoms with E-state index in [1.165, 1.54) is 6.92 Å². The van der Waals surface area contributed by atoms with Crippen LogP contribution in [0.1, 0.15) is 40.5 Å². The fourth-order valence-corrected chi connectivity index (χ4v) is 1.10. The average Bonchev–Trinajstić information content (AvgIpc) is 2.30. The molecule has 0 aromatic heterocycles. The summed E-state index contributed by atoms with van der Waals surface area (Å²) in [4.78, 5) is 22.4. The third-order valence-electron chi connectivity index (χ3n) is 1.83. The first-order chi connectivity index (χ1) is 8.94. The van der Waals surface area contributed by atoms with Gasteiger partial charge in [-0.2, -0.15) is 0 Å². The van der Waals surface area contributed by atoms with Crippen LogP contribution in [0.2, 0.25) is 0 Å². The molecule has 0 bridgehead atoms. The van der Waals surface area contributed by atoms with E-state index >= 15 is 0 Å². The summed E-state index contributed by atoms with van der Waals surface area (Å²) < 4.78 is 9.40. The van der Waals surface area contributed by atoms with Crippen molar-refractivity contribution in [1.29, 1.82) is 0 Å². The van der Waals surface area contributed by atoms with Crippen LogP contribution in [0.15, 0.2) is 11.3 Å². The van der Waals surface area contributed by atoms with Gasteiger partial charge >= 0.3 is 35.0 Å². The van der Waals surface area contributed by atoms with Gasteiger partial charge in [0.1, 0.15) is 0 Å². The number of hydrogen-bond donors (Lipinski definition) is 0. The zero-order valence-corrected chi connectivity index (χ0v) is 14.1. The van der Waals surface area contributed by atoms with Crippen molar-refractivity contribution in [3.63, 3.8) is 0 Å². The van der Waals surface area contributed by atoms with E-state index in [-0.39, 0.29) is 67.0 Å². The van der Waals surface area contributed by atoms with Crippen LogP contribution in [-0.2, 0) is 19.1 Å². The Morgan fingerprint density at radius 3 is 1.80 bits per heavy atom. The summed E-state index contributed by atoms with van der Waals surface area (Å²) in [7, 11) is 0. The molecule has 0 aliphatic carbocycles. The molecule has 7 heteroatoms. The van der Waals surface area contributed by atoms with E-state index < -0.39 is 11.9 Å². The van der Waals surface area contributed by atoms with Gasteiger partial charge in [-0.3, -0.25) is 4.79 Å². The number of esters is 2. The molecule has 6 nitrogen and oxygen atoms in total. The molecule has 0 amide bonds. The molecule has 0 spiro atoms.